The van der Waals surface area contributed by atoms with E-state index in [1.165, 1.54) is 0 Å². The molecular weight excluding hydrogens is 258 g/mol. The fourth-order valence-electron chi connectivity index (χ4n) is 1.87. The molecule has 6 nitrogen and oxygen atoms in total. The number of hydrogen-bond donors (Lipinski definition) is 3. The molecule has 0 radical (unpaired) electrons. The van der Waals surface area contributed by atoms with E-state index < -0.39 is 17.7 Å². The molecule has 0 aliphatic heterocycles. The molecule has 1 unspecified atom stereocenters. The zero-order chi connectivity index (χ0) is 15.3. The van der Waals surface area contributed by atoms with E-state index in [4.69, 9.17) is 10.5 Å². The van der Waals surface area contributed by atoms with Crippen molar-refractivity contribution in [3.8, 4) is 0 Å². The van der Waals surface area contributed by atoms with E-state index in [1.54, 1.807) is 6.08 Å². The molecule has 1 aliphatic carbocycles. The van der Waals surface area contributed by atoms with Gasteiger partial charge in [0.1, 0.15) is 5.60 Å². The van der Waals surface area contributed by atoms with Crippen LogP contribution in [0.5, 0.6) is 0 Å². The van der Waals surface area contributed by atoms with Crippen LogP contribution in [0, 0.1) is 5.92 Å². The summed E-state index contributed by atoms with van der Waals surface area (Å²) in [5.41, 5.74) is 6.43. The second kappa shape index (κ2) is 6.45. The number of urea groups is 1. The van der Waals surface area contributed by atoms with Gasteiger partial charge in [-0.2, -0.15) is 0 Å². The van der Waals surface area contributed by atoms with Gasteiger partial charge in [-0.25, -0.2) is 9.59 Å². The molecule has 0 saturated carbocycles. The molecule has 3 amide bonds. The Kier molecular flexibility index (Phi) is 5.19. The molecule has 4 N–H and O–H groups in total. The molecule has 1 rings (SSSR count). The number of alkyl carbamates (subject to hydrolysis) is 1. The molecule has 0 aromatic rings. The molecule has 0 aromatic heterocycles. The standard InChI is InChI=1S/C14H23N3O3/c1-9-7-11(17-12(15)18)6-5-10(9)8-16-13(19)20-14(2,3)4/h5-6,9H,7-8H2,1-4H3,(H,16,19)(H3,15,17,18). The van der Waals surface area contributed by atoms with Gasteiger partial charge in [0.05, 0.1) is 0 Å². The molecule has 112 valence electrons. The number of rotatable bonds is 3. The summed E-state index contributed by atoms with van der Waals surface area (Å²) in [4.78, 5) is 22.3. The smallest absolute Gasteiger partial charge is 0.407 e. The maximum Gasteiger partial charge on any atom is 0.407 e. The van der Waals surface area contributed by atoms with Crippen LogP contribution < -0.4 is 16.4 Å². The Bertz CT molecular complexity index is 447. The van der Waals surface area contributed by atoms with Crippen LogP contribution >= 0.6 is 0 Å². The molecule has 0 spiro atoms. The third-order valence-corrected chi connectivity index (χ3v) is 2.78. The van der Waals surface area contributed by atoms with E-state index in [9.17, 15) is 9.59 Å². The monoisotopic (exact) mass is 281 g/mol. The Morgan fingerprint density at radius 1 is 1.40 bits per heavy atom. The third-order valence-electron chi connectivity index (χ3n) is 2.78. The normalized spacial score (nSPS) is 18.7. The van der Waals surface area contributed by atoms with Gasteiger partial charge in [-0.05, 0) is 44.8 Å². The number of carbonyl (C=O) groups is 2. The predicted octanol–water partition coefficient (Wildman–Crippen LogP) is 2.03. The Hall–Kier alpha value is -1.98. The Labute approximate surface area is 119 Å². The van der Waals surface area contributed by atoms with Gasteiger partial charge in [0.25, 0.3) is 0 Å². The highest BCUT2D eigenvalue weighted by atomic mass is 16.6. The van der Waals surface area contributed by atoms with E-state index in [-0.39, 0.29) is 5.92 Å². The Morgan fingerprint density at radius 2 is 2.05 bits per heavy atom. The number of nitrogens with two attached hydrogens (primary N) is 1. The minimum absolute atomic E-state index is 0.219. The molecule has 0 bridgehead atoms. The molecule has 1 atom stereocenters. The molecule has 0 aromatic carbocycles. The fourth-order valence-corrected chi connectivity index (χ4v) is 1.87. The van der Waals surface area contributed by atoms with E-state index >= 15 is 0 Å². The van der Waals surface area contributed by atoms with Crippen LogP contribution in [0.25, 0.3) is 0 Å². The zero-order valence-corrected chi connectivity index (χ0v) is 12.4. The average molecular weight is 281 g/mol. The first-order valence-corrected chi connectivity index (χ1v) is 6.60. The second-order valence-electron chi connectivity index (χ2n) is 5.88. The highest BCUT2D eigenvalue weighted by Gasteiger charge is 2.19. The van der Waals surface area contributed by atoms with Gasteiger partial charge in [0.15, 0.2) is 0 Å². The minimum atomic E-state index is -0.563. The van der Waals surface area contributed by atoms with Crippen molar-refractivity contribution >= 4 is 12.1 Å². The van der Waals surface area contributed by atoms with Crippen LogP contribution in [0.1, 0.15) is 34.1 Å². The largest absolute Gasteiger partial charge is 0.444 e. The predicted molar refractivity (Wildman–Crippen MR) is 76.9 cm³/mol. The number of primary amides is 1. The maximum atomic E-state index is 11.6. The van der Waals surface area contributed by atoms with Crippen molar-refractivity contribution in [2.75, 3.05) is 6.54 Å². The van der Waals surface area contributed by atoms with Crippen LogP contribution in [-0.4, -0.2) is 24.3 Å². The first-order chi connectivity index (χ1) is 9.17. The zero-order valence-electron chi connectivity index (χ0n) is 12.4. The lowest BCUT2D eigenvalue weighted by molar-refractivity contribution is 0.0531. The van der Waals surface area contributed by atoms with Crippen molar-refractivity contribution in [1.82, 2.24) is 10.6 Å². The minimum Gasteiger partial charge on any atom is -0.444 e. The number of ether oxygens (including phenoxy) is 1. The number of allylic oxidation sites excluding steroid dienone is 3. The first kappa shape index (κ1) is 16.1. The molecule has 1 aliphatic rings. The van der Waals surface area contributed by atoms with E-state index in [1.807, 2.05) is 33.8 Å². The van der Waals surface area contributed by atoms with E-state index in [0.717, 1.165) is 11.3 Å². The Morgan fingerprint density at radius 3 is 2.55 bits per heavy atom. The summed E-state index contributed by atoms with van der Waals surface area (Å²) < 4.78 is 5.17. The third kappa shape index (κ3) is 5.77. The molecule has 0 heterocycles. The van der Waals surface area contributed by atoms with Crippen LogP contribution in [0.15, 0.2) is 23.4 Å². The lowest BCUT2D eigenvalue weighted by Crippen LogP contribution is -2.35. The van der Waals surface area contributed by atoms with Gasteiger partial charge >= 0.3 is 12.1 Å². The first-order valence-electron chi connectivity index (χ1n) is 6.60. The van der Waals surface area contributed by atoms with Crippen LogP contribution in [0.3, 0.4) is 0 Å². The van der Waals surface area contributed by atoms with Crippen LogP contribution in [0.4, 0.5) is 9.59 Å². The molecular formula is C14H23N3O3. The van der Waals surface area contributed by atoms with Crippen molar-refractivity contribution in [1.29, 1.82) is 0 Å². The van der Waals surface area contributed by atoms with Gasteiger partial charge in [0, 0.05) is 12.2 Å². The second-order valence-corrected chi connectivity index (χ2v) is 5.88. The summed E-state index contributed by atoms with van der Waals surface area (Å²) in [6.45, 7) is 7.91. The molecule has 0 saturated heterocycles. The lowest BCUT2D eigenvalue weighted by atomic mass is 9.91. The summed E-state index contributed by atoms with van der Waals surface area (Å²) in [6.07, 6.45) is 3.94. The van der Waals surface area contributed by atoms with E-state index in [2.05, 4.69) is 10.6 Å². The average Bonchev–Trinajstić information content (AvgIpc) is 2.24. The summed E-state index contributed by atoms with van der Waals surface area (Å²) in [5, 5.41) is 5.30. The van der Waals surface area contributed by atoms with Crippen molar-refractivity contribution < 1.29 is 14.3 Å². The van der Waals surface area contributed by atoms with Gasteiger partial charge in [0.2, 0.25) is 0 Å². The van der Waals surface area contributed by atoms with E-state index in [0.29, 0.717) is 13.0 Å². The van der Waals surface area contributed by atoms with Gasteiger partial charge in [-0.1, -0.05) is 13.0 Å². The van der Waals surface area contributed by atoms with Crippen molar-refractivity contribution in [2.45, 2.75) is 39.7 Å². The topological polar surface area (TPSA) is 93.5 Å². The van der Waals surface area contributed by atoms with Crippen LogP contribution in [-0.2, 0) is 4.74 Å². The SMILES string of the molecule is CC1CC(NC(N)=O)=CC=C1CNC(=O)OC(C)(C)C. The maximum absolute atomic E-state index is 11.6. The number of amides is 3. The number of carbonyl (C=O) groups excluding carboxylic acids is 2. The van der Waals surface area contributed by atoms with Crippen molar-refractivity contribution in [3.05, 3.63) is 23.4 Å². The van der Waals surface area contributed by atoms with Gasteiger partial charge in [-0.15, -0.1) is 0 Å². The summed E-state index contributed by atoms with van der Waals surface area (Å²) in [5.74, 6) is 0.219. The lowest BCUT2D eigenvalue weighted by Gasteiger charge is -2.23. The van der Waals surface area contributed by atoms with Crippen LogP contribution in [0.2, 0.25) is 0 Å². The summed E-state index contributed by atoms with van der Waals surface area (Å²) >= 11 is 0. The van der Waals surface area contributed by atoms with Crippen molar-refractivity contribution in [3.63, 3.8) is 0 Å². The van der Waals surface area contributed by atoms with Gasteiger partial charge < -0.3 is 21.1 Å². The van der Waals surface area contributed by atoms with Gasteiger partial charge in [-0.3, -0.25) is 0 Å². The number of nitrogens with one attached hydrogen (secondary N) is 2. The highest BCUT2D eigenvalue weighted by molar-refractivity contribution is 5.74. The molecule has 6 heteroatoms. The summed E-state index contributed by atoms with van der Waals surface area (Å²) in [6, 6.07) is -0.563. The molecule has 20 heavy (non-hydrogen) atoms. The molecule has 0 fully saturated rings. The summed E-state index contributed by atoms with van der Waals surface area (Å²) in [7, 11) is 0. The fraction of sp³-hybridized carbons (Fsp3) is 0.571. The Balaban J connectivity index is 2.52. The number of hydrogen-bond acceptors (Lipinski definition) is 3. The van der Waals surface area contributed by atoms with Crippen molar-refractivity contribution in [2.24, 2.45) is 11.7 Å². The quantitative estimate of drug-likeness (QED) is 0.739. The highest BCUT2D eigenvalue weighted by Crippen LogP contribution is 2.23.